The number of imide groups is 1. The Bertz CT molecular complexity index is 1070. The molecule has 1 aliphatic heterocycles. The number of benzene rings is 1. The van der Waals surface area contributed by atoms with Crippen LogP contribution in [0.2, 0.25) is 10.0 Å². The molecule has 0 aliphatic carbocycles. The van der Waals surface area contributed by atoms with Gasteiger partial charge in [-0.05, 0) is 18.2 Å². The number of halogens is 2. The highest BCUT2D eigenvalue weighted by Crippen LogP contribution is 2.37. The standard InChI is InChI=1S/C13H4Cl2N4O3S/c14-5-1-2-7(6(15)3-5)18-11(21)9-10(12(18)22)23-13-17-8(20)4-16-19(9)13/h1-4H. The van der Waals surface area contributed by atoms with E-state index in [1.54, 1.807) is 0 Å². The van der Waals surface area contributed by atoms with Crippen LogP contribution >= 0.6 is 34.5 Å². The highest BCUT2D eigenvalue weighted by molar-refractivity contribution is 7.19. The Labute approximate surface area is 141 Å². The summed E-state index contributed by atoms with van der Waals surface area (Å²) in [7, 11) is 0. The van der Waals surface area contributed by atoms with E-state index < -0.39 is 17.4 Å². The van der Waals surface area contributed by atoms with Crippen LogP contribution in [0.5, 0.6) is 0 Å². The SMILES string of the molecule is O=C1c2sc3nc(=O)cnn3c2C(=O)N1c1ccc(Cl)cc1Cl. The molecule has 0 spiro atoms. The van der Waals surface area contributed by atoms with Crippen LogP contribution in [-0.4, -0.2) is 26.4 Å². The van der Waals surface area contributed by atoms with Gasteiger partial charge < -0.3 is 0 Å². The number of hydrogen-bond acceptors (Lipinski definition) is 6. The molecule has 4 rings (SSSR count). The van der Waals surface area contributed by atoms with Crippen LogP contribution in [0, 0.1) is 0 Å². The van der Waals surface area contributed by atoms with E-state index in [-0.39, 0.29) is 26.2 Å². The Morgan fingerprint density at radius 3 is 2.61 bits per heavy atom. The molecule has 1 aromatic carbocycles. The first-order valence-electron chi connectivity index (χ1n) is 6.20. The number of thiazole rings is 1. The predicted molar refractivity (Wildman–Crippen MR) is 84.7 cm³/mol. The summed E-state index contributed by atoms with van der Waals surface area (Å²) in [5, 5.41) is 4.43. The number of fused-ring (bicyclic) bond motifs is 3. The van der Waals surface area contributed by atoms with Crippen molar-refractivity contribution in [1.82, 2.24) is 14.6 Å². The van der Waals surface area contributed by atoms with Gasteiger partial charge in [0.2, 0.25) is 4.96 Å². The second-order valence-electron chi connectivity index (χ2n) is 4.61. The van der Waals surface area contributed by atoms with E-state index in [2.05, 4.69) is 10.1 Å². The fraction of sp³-hybridized carbons (Fsp3) is 0. The zero-order valence-corrected chi connectivity index (χ0v) is 13.3. The van der Waals surface area contributed by atoms with Gasteiger partial charge in [0.25, 0.3) is 17.4 Å². The molecule has 0 unspecified atom stereocenters. The molecule has 0 bridgehead atoms. The van der Waals surface area contributed by atoms with Crippen LogP contribution in [0.15, 0.2) is 29.2 Å². The highest BCUT2D eigenvalue weighted by atomic mass is 35.5. The summed E-state index contributed by atoms with van der Waals surface area (Å²) in [6, 6.07) is 4.47. The van der Waals surface area contributed by atoms with Crippen LogP contribution in [0.3, 0.4) is 0 Å². The summed E-state index contributed by atoms with van der Waals surface area (Å²) < 4.78 is 1.19. The minimum Gasteiger partial charge on any atom is -0.267 e. The number of carbonyl (C=O) groups excluding carboxylic acids is 2. The zero-order valence-electron chi connectivity index (χ0n) is 11.0. The van der Waals surface area contributed by atoms with Gasteiger partial charge in [0.05, 0.1) is 10.7 Å². The number of carbonyl (C=O) groups is 2. The van der Waals surface area contributed by atoms with Gasteiger partial charge in [-0.25, -0.2) is 4.90 Å². The number of anilines is 1. The van der Waals surface area contributed by atoms with Gasteiger partial charge in [0.1, 0.15) is 11.1 Å². The maximum Gasteiger partial charge on any atom is 0.292 e. The first kappa shape index (κ1) is 14.3. The van der Waals surface area contributed by atoms with Gasteiger partial charge in [-0.3, -0.25) is 14.4 Å². The molecule has 7 nitrogen and oxygen atoms in total. The Hall–Kier alpha value is -2.29. The molecule has 1 aliphatic rings. The molecule has 0 atom stereocenters. The van der Waals surface area contributed by atoms with Gasteiger partial charge in [-0.15, -0.1) is 0 Å². The lowest BCUT2D eigenvalue weighted by atomic mass is 10.3. The third kappa shape index (κ3) is 1.99. The number of aromatic nitrogens is 3. The molecule has 10 heteroatoms. The molecule has 3 aromatic rings. The van der Waals surface area contributed by atoms with Gasteiger partial charge in [0, 0.05) is 5.02 Å². The maximum absolute atomic E-state index is 12.7. The molecular weight excluding hydrogens is 363 g/mol. The molecule has 114 valence electrons. The topological polar surface area (TPSA) is 84.6 Å². The van der Waals surface area contributed by atoms with Crippen molar-refractivity contribution in [3.05, 3.63) is 55.4 Å². The smallest absolute Gasteiger partial charge is 0.267 e. The number of hydrogen-bond donors (Lipinski definition) is 0. The average molecular weight is 367 g/mol. The van der Waals surface area contributed by atoms with Crippen molar-refractivity contribution in [2.24, 2.45) is 0 Å². The van der Waals surface area contributed by atoms with Crippen molar-refractivity contribution in [2.75, 3.05) is 4.90 Å². The van der Waals surface area contributed by atoms with Crippen molar-refractivity contribution >= 4 is 57.0 Å². The van der Waals surface area contributed by atoms with Crippen molar-refractivity contribution in [2.45, 2.75) is 0 Å². The predicted octanol–water partition coefficient (Wildman–Crippen LogP) is 2.26. The lowest BCUT2D eigenvalue weighted by Crippen LogP contribution is -2.30. The fourth-order valence-corrected chi connectivity index (χ4v) is 3.78. The minimum absolute atomic E-state index is 0.0634. The molecule has 2 amide bonds. The molecular formula is C13H4Cl2N4O3S. The summed E-state index contributed by atoms with van der Waals surface area (Å²) in [5.74, 6) is -1.13. The van der Waals surface area contributed by atoms with Crippen molar-refractivity contribution in [3.63, 3.8) is 0 Å². The van der Waals surface area contributed by atoms with E-state index in [4.69, 9.17) is 23.2 Å². The Kier molecular flexibility index (Phi) is 3.02. The van der Waals surface area contributed by atoms with Crippen LogP contribution in [0.25, 0.3) is 4.96 Å². The third-order valence-electron chi connectivity index (χ3n) is 3.24. The van der Waals surface area contributed by atoms with Crippen LogP contribution in [0.1, 0.15) is 20.2 Å². The van der Waals surface area contributed by atoms with E-state index >= 15 is 0 Å². The van der Waals surface area contributed by atoms with Gasteiger partial charge in [-0.2, -0.15) is 14.6 Å². The first-order chi connectivity index (χ1) is 11.0. The molecule has 3 heterocycles. The van der Waals surface area contributed by atoms with Gasteiger partial charge in [0.15, 0.2) is 5.69 Å². The third-order valence-corrected chi connectivity index (χ3v) is 4.80. The quantitative estimate of drug-likeness (QED) is 0.616. The van der Waals surface area contributed by atoms with E-state index in [9.17, 15) is 14.4 Å². The van der Waals surface area contributed by atoms with Crippen LogP contribution in [-0.2, 0) is 0 Å². The number of amides is 2. The van der Waals surface area contributed by atoms with Crippen molar-refractivity contribution in [3.8, 4) is 0 Å². The lowest BCUT2D eigenvalue weighted by molar-refractivity contribution is 0.0924. The maximum atomic E-state index is 12.7. The van der Waals surface area contributed by atoms with Crippen molar-refractivity contribution < 1.29 is 9.59 Å². The van der Waals surface area contributed by atoms with Crippen LogP contribution < -0.4 is 10.5 Å². The Balaban J connectivity index is 1.92. The normalized spacial score (nSPS) is 13.9. The minimum atomic E-state index is -0.585. The monoisotopic (exact) mass is 366 g/mol. The Morgan fingerprint density at radius 1 is 1.09 bits per heavy atom. The highest BCUT2D eigenvalue weighted by Gasteiger charge is 2.42. The summed E-state index contributed by atoms with van der Waals surface area (Å²) in [6.45, 7) is 0. The molecule has 0 radical (unpaired) electrons. The van der Waals surface area contributed by atoms with E-state index in [1.165, 1.54) is 22.7 Å². The van der Waals surface area contributed by atoms with Crippen LogP contribution in [0.4, 0.5) is 5.69 Å². The van der Waals surface area contributed by atoms with E-state index in [1.807, 2.05) is 0 Å². The van der Waals surface area contributed by atoms with Gasteiger partial charge >= 0.3 is 0 Å². The zero-order chi connectivity index (χ0) is 16.3. The summed E-state index contributed by atoms with van der Waals surface area (Å²) in [4.78, 5) is 41.5. The molecule has 0 fully saturated rings. The first-order valence-corrected chi connectivity index (χ1v) is 7.77. The second-order valence-corrected chi connectivity index (χ2v) is 6.43. The lowest BCUT2D eigenvalue weighted by Gasteiger charge is -2.15. The van der Waals surface area contributed by atoms with Crippen molar-refractivity contribution in [1.29, 1.82) is 0 Å². The molecule has 0 N–H and O–H groups in total. The average Bonchev–Trinajstić information content (AvgIpc) is 2.97. The molecule has 0 saturated carbocycles. The second kappa shape index (κ2) is 4.85. The van der Waals surface area contributed by atoms with Gasteiger partial charge in [-0.1, -0.05) is 34.5 Å². The molecule has 2 aromatic heterocycles. The number of nitrogens with zero attached hydrogens (tertiary/aromatic N) is 4. The van der Waals surface area contributed by atoms with E-state index in [0.717, 1.165) is 22.4 Å². The summed E-state index contributed by atoms with van der Waals surface area (Å²) in [6.07, 6.45) is 0.982. The van der Waals surface area contributed by atoms with E-state index in [0.29, 0.717) is 5.02 Å². The number of rotatable bonds is 1. The molecule has 0 saturated heterocycles. The fourth-order valence-electron chi connectivity index (χ4n) is 2.30. The Morgan fingerprint density at radius 2 is 1.87 bits per heavy atom. The largest absolute Gasteiger partial charge is 0.292 e. The molecule has 23 heavy (non-hydrogen) atoms. The summed E-state index contributed by atoms with van der Waals surface area (Å²) in [5.41, 5.74) is -0.243. The summed E-state index contributed by atoms with van der Waals surface area (Å²) >= 11 is 12.8.